The van der Waals surface area contributed by atoms with Crippen molar-refractivity contribution in [2.24, 2.45) is 0 Å². The monoisotopic (exact) mass is 703 g/mol. The number of benzene rings is 9. The van der Waals surface area contributed by atoms with Crippen molar-refractivity contribution in [3.05, 3.63) is 200 Å². The summed E-state index contributed by atoms with van der Waals surface area (Å²) in [7, 11) is 0. The van der Waals surface area contributed by atoms with Gasteiger partial charge in [0.1, 0.15) is 22.3 Å². The standard InChI is InChI=1S/C52H33NO2/c1-3-14-34(15-4-1)39-18-9-11-24-47(39)53(38-30-31-49-46(32-38)42-20-10-12-25-48(42)54-49)37-28-26-36(27-29-37)40-22-13-23-44-51-43-21-8-7-19-41(43)45(33-50(51)55-52(40)44)35-16-5-2-6-17-35/h1-33H. The average molecular weight is 704 g/mol. The molecule has 0 atom stereocenters. The zero-order chi connectivity index (χ0) is 36.3. The molecule has 0 saturated heterocycles. The molecule has 2 heterocycles. The van der Waals surface area contributed by atoms with Crippen molar-refractivity contribution in [2.75, 3.05) is 4.90 Å². The van der Waals surface area contributed by atoms with Crippen LogP contribution < -0.4 is 4.90 Å². The summed E-state index contributed by atoms with van der Waals surface area (Å²) in [6, 6.07) is 70.8. The Bertz CT molecular complexity index is 3190. The summed E-state index contributed by atoms with van der Waals surface area (Å²) in [5.74, 6) is 0. The quantitative estimate of drug-likeness (QED) is 0.173. The average Bonchev–Trinajstić information content (AvgIpc) is 3.83. The molecule has 0 N–H and O–H groups in total. The molecule has 0 aliphatic heterocycles. The van der Waals surface area contributed by atoms with Crippen molar-refractivity contribution in [2.45, 2.75) is 0 Å². The van der Waals surface area contributed by atoms with E-state index >= 15 is 0 Å². The Balaban J connectivity index is 1.08. The number of rotatable bonds is 6. The lowest BCUT2D eigenvalue weighted by molar-refractivity contribution is 0.669. The molecule has 0 amide bonds. The molecule has 0 fully saturated rings. The Morgan fingerprint density at radius 3 is 1.69 bits per heavy atom. The second kappa shape index (κ2) is 12.6. The molecule has 0 saturated carbocycles. The molecule has 0 aliphatic carbocycles. The van der Waals surface area contributed by atoms with Crippen LogP contribution in [0.3, 0.4) is 0 Å². The van der Waals surface area contributed by atoms with E-state index in [4.69, 9.17) is 8.83 Å². The van der Waals surface area contributed by atoms with E-state index in [1.807, 2.05) is 12.1 Å². The van der Waals surface area contributed by atoms with Crippen LogP contribution in [0, 0.1) is 0 Å². The molecular formula is C52H33NO2. The van der Waals surface area contributed by atoms with Crippen LogP contribution in [0.2, 0.25) is 0 Å². The summed E-state index contributed by atoms with van der Waals surface area (Å²) in [5, 5.41) is 6.87. The highest BCUT2D eigenvalue weighted by molar-refractivity contribution is 6.23. The first-order chi connectivity index (χ1) is 27.3. The highest BCUT2D eigenvalue weighted by Crippen LogP contribution is 2.45. The molecule has 0 spiro atoms. The third-order valence-corrected chi connectivity index (χ3v) is 10.9. The maximum absolute atomic E-state index is 6.84. The summed E-state index contributed by atoms with van der Waals surface area (Å²) < 4.78 is 13.1. The van der Waals surface area contributed by atoms with Gasteiger partial charge in [-0.1, -0.05) is 152 Å². The van der Waals surface area contributed by atoms with Crippen LogP contribution in [0.5, 0.6) is 0 Å². The van der Waals surface area contributed by atoms with E-state index in [1.165, 1.54) is 21.9 Å². The summed E-state index contributed by atoms with van der Waals surface area (Å²) in [5.41, 5.74) is 13.6. The van der Waals surface area contributed by atoms with Gasteiger partial charge in [-0.05, 0) is 81.6 Å². The zero-order valence-corrected chi connectivity index (χ0v) is 29.8. The normalized spacial score (nSPS) is 11.6. The molecule has 0 unspecified atom stereocenters. The SMILES string of the molecule is c1ccc(-c2ccccc2N(c2ccc(-c3cccc4c3oc3cc(-c5ccccc5)c5ccccc5c34)cc2)c2ccc3oc4ccccc4c3c2)cc1. The van der Waals surface area contributed by atoms with Gasteiger partial charge in [0.2, 0.25) is 0 Å². The highest BCUT2D eigenvalue weighted by atomic mass is 16.3. The molecule has 0 aliphatic rings. The van der Waals surface area contributed by atoms with Crippen LogP contribution in [0.1, 0.15) is 0 Å². The van der Waals surface area contributed by atoms with Gasteiger partial charge in [-0.3, -0.25) is 0 Å². The van der Waals surface area contributed by atoms with Crippen LogP contribution in [0.15, 0.2) is 209 Å². The van der Waals surface area contributed by atoms with E-state index in [1.54, 1.807) is 0 Å². The van der Waals surface area contributed by atoms with Crippen molar-refractivity contribution in [1.82, 2.24) is 0 Å². The number of hydrogen-bond donors (Lipinski definition) is 0. The molecule has 0 radical (unpaired) electrons. The number of anilines is 3. The van der Waals surface area contributed by atoms with Gasteiger partial charge in [-0.25, -0.2) is 0 Å². The first kappa shape index (κ1) is 31.2. The van der Waals surface area contributed by atoms with Crippen LogP contribution in [0.25, 0.3) is 88.0 Å². The predicted octanol–water partition coefficient (Wildman–Crippen LogP) is 15.1. The Morgan fingerprint density at radius 2 is 0.891 bits per heavy atom. The third kappa shape index (κ3) is 5.13. The summed E-state index contributed by atoms with van der Waals surface area (Å²) in [6.45, 7) is 0. The number of furan rings is 2. The van der Waals surface area contributed by atoms with E-state index in [0.717, 1.165) is 83.2 Å². The second-order valence-electron chi connectivity index (χ2n) is 14.0. The van der Waals surface area contributed by atoms with Crippen LogP contribution in [-0.4, -0.2) is 0 Å². The lowest BCUT2D eigenvalue weighted by Gasteiger charge is -2.28. The van der Waals surface area contributed by atoms with Crippen LogP contribution in [-0.2, 0) is 0 Å². The molecule has 11 aromatic rings. The van der Waals surface area contributed by atoms with Gasteiger partial charge in [0, 0.05) is 44.0 Å². The minimum atomic E-state index is 0.874. The number of nitrogens with zero attached hydrogens (tertiary/aromatic N) is 1. The molecule has 258 valence electrons. The molecule has 2 aromatic heterocycles. The van der Waals surface area contributed by atoms with Crippen molar-refractivity contribution < 1.29 is 8.83 Å². The van der Waals surface area contributed by atoms with Gasteiger partial charge in [-0.2, -0.15) is 0 Å². The van der Waals surface area contributed by atoms with Crippen molar-refractivity contribution >= 4 is 71.7 Å². The first-order valence-corrected chi connectivity index (χ1v) is 18.7. The molecular weight excluding hydrogens is 671 g/mol. The molecule has 0 bridgehead atoms. The van der Waals surface area contributed by atoms with Gasteiger partial charge < -0.3 is 13.7 Å². The van der Waals surface area contributed by atoms with Gasteiger partial charge in [0.15, 0.2) is 0 Å². The van der Waals surface area contributed by atoms with E-state index in [2.05, 4.69) is 193 Å². The fourth-order valence-corrected chi connectivity index (χ4v) is 8.35. The van der Waals surface area contributed by atoms with Crippen molar-refractivity contribution in [3.63, 3.8) is 0 Å². The highest BCUT2D eigenvalue weighted by Gasteiger charge is 2.21. The lowest BCUT2D eigenvalue weighted by atomic mass is 9.94. The summed E-state index contributed by atoms with van der Waals surface area (Å²) >= 11 is 0. The molecule has 55 heavy (non-hydrogen) atoms. The number of hydrogen-bond acceptors (Lipinski definition) is 3. The number of fused-ring (bicyclic) bond motifs is 8. The number of para-hydroxylation sites is 3. The Kier molecular flexibility index (Phi) is 7.17. The fourth-order valence-electron chi connectivity index (χ4n) is 8.35. The topological polar surface area (TPSA) is 29.5 Å². The minimum absolute atomic E-state index is 0.874. The third-order valence-electron chi connectivity index (χ3n) is 10.9. The first-order valence-electron chi connectivity index (χ1n) is 18.7. The smallest absolute Gasteiger partial charge is 0.143 e. The summed E-state index contributed by atoms with van der Waals surface area (Å²) in [6.07, 6.45) is 0. The van der Waals surface area contributed by atoms with Gasteiger partial charge in [-0.15, -0.1) is 0 Å². The molecule has 9 aromatic carbocycles. The van der Waals surface area contributed by atoms with E-state index in [9.17, 15) is 0 Å². The Labute approximate surface area is 317 Å². The predicted molar refractivity (Wildman–Crippen MR) is 229 cm³/mol. The lowest BCUT2D eigenvalue weighted by Crippen LogP contribution is -2.11. The Hall–Kier alpha value is -7.36. The second-order valence-corrected chi connectivity index (χ2v) is 14.0. The van der Waals surface area contributed by atoms with E-state index in [-0.39, 0.29) is 0 Å². The Morgan fingerprint density at radius 1 is 0.309 bits per heavy atom. The molecule has 3 heteroatoms. The fraction of sp³-hybridized carbons (Fsp3) is 0. The van der Waals surface area contributed by atoms with Crippen LogP contribution in [0.4, 0.5) is 17.1 Å². The minimum Gasteiger partial charge on any atom is -0.456 e. The molecule has 11 rings (SSSR count). The summed E-state index contributed by atoms with van der Waals surface area (Å²) in [4.78, 5) is 2.35. The van der Waals surface area contributed by atoms with Crippen LogP contribution >= 0.6 is 0 Å². The van der Waals surface area contributed by atoms with E-state index < -0.39 is 0 Å². The maximum atomic E-state index is 6.84. The van der Waals surface area contributed by atoms with Crippen molar-refractivity contribution in [1.29, 1.82) is 0 Å². The van der Waals surface area contributed by atoms with Gasteiger partial charge in [0.05, 0.1) is 5.69 Å². The maximum Gasteiger partial charge on any atom is 0.143 e. The zero-order valence-electron chi connectivity index (χ0n) is 29.8. The van der Waals surface area contributed by atoms with Gasteiger partial charge >= 0.3 is 0 Å². The van der Waals surface area contributed by atoms with Gasteiger partial charge in [0.25, 0.3) is 0 Å². The van der Waals surface area contributed by atoms with Crippen molar-refractivity contribution in [3.8, 4) is 33.4 Å². The molecule has 3 nitrogen and oxygen atoms in total. The largest absolute Gasteiger partial charge is 0.456 e. The van der Waals surface area contributed by atoms with E-state index in [0.29, 0.717) is 0 Å².